The molecule has 0 N–H and O–H groups in total. The molecule has 0 bridgehead atoms. The summed E-state index contributed by atoms with van der Waals surface area (Å²) in [5.74, 6) is -2.77. The zero-order valence-electron chi connectivity index (χ0n) is 17.0. The Kier molecular flexibility index (Phi) is 5.48. The second kappa shape index (κ2) is 8.44. The summed E-state index contributed by atoms with van der Waals surface area (Å²) in [6.45, 7) is -0.206. The van der Waals surface area contributed by atoms with Crippen molar-refractivity contribution in [3.63, 3.8) is 0 Å². The molecule has 1 unspecified atom stereocenters. The first-order valence-electron chi connectivity index (χ1n) is 10.3. The maximum absolute atomic E-state index is 14.4. The number of hydroxylamine groups is 2. The van der Waals surface area contributed by atoms with Gasteiger partial charge in [-0.3, -0.25) is 14.4 Å². The Bertz CT molecular complexity index is 1140. The molecule has 32 heavy (non-hydrogen) atoms. The Morgan fingerprint density at radius 1 is 1.06 bits per heavy atom. The number of amides is 2. The van der Waals surface area contributed by atoms with Crippen LogP contribution >= 0.6 is 11.3 Å². The summed E-state index contributed by atoms with van der Waals surface area (Å²) in [7, 11) is 0. The van der Waals surface area contributed by atoms with Gasteiger partial charge in [0.05, 0.1) is 4.88 Å². The first-order chi connectivity index (χ1) is 15.5. The molecule has 0 spiro atoms. The van der Waals surface area contributed by atoms with Gasteiger partial charge in [-0.15, -0.1) is 11.3 Å². The summed E-state index contributed by atoms with van der Waals surface area (Å²) in [4.78, 5) is 33.8. The molecule has 8 heteroatoms. The van der Waals surface area contributed by atoms with Crippen molar-refractivity contribution >= 4 is 23.2 Å². The third-order valence-corrected chi connectivity index (χ3v) is 6.65. The zero-order chi connectivity index (χ0) is 22.2. The largest absolute Gasteiger partial charge is 0.302 e. The van der Waals surface area contributed by atoms with E-state index >= 15 is 0 Å². The monoisotopic (exact) mass is 454 g/mol. The van der Waals surface area contributed by atoms with Gasteiger partial charge in [-0.2, -0.15) is 5.06 Å². The normalized spacial score (nSPS) is 18.4. The fourth-order valence-electron chi connectivity index (χ4n) is 3.86. The highest BCUT2D eigenvalue weighted by Crippen LogP contribution is 2.44. The van der Waals surface area contributed by atoms with E-state index in [0.29, 0.717) is 5.92 Å². The third-order valence-electron chi connectivity index (χ3n) is 5.66. The second-order valence-corrected chi connectivity index (χ2v) is 8.88. The van der Waals surface area contributed by atoms with E-state index in [1.807, 2.05) is 41.8 Å². The van der Waals surface area contributed by atoms with Crippen molar-refractivity contribution in [2.24, 2.45) is 0 Å². The minimum atomic E-state index is -0.963. The molecule has 2 amide bonds. The summed E-state index contributed by atoms with van der Waals surface area (Å²) < 4.78 is 28.7. The van der Waals surface area contributed by atoms with E-state index in [2.05, 4.69) is 0 Å². The predicted molar refractivity (Wildman–Crippen MR) is 115 cm³/mol. The Hall–Kier alpha value is -3.10. The lowest BCUT2D eigenvalue weighted by Crippen LogP contribution is -2.36. The fourth-order valence-corrected chi connectivity index (χ4v) is 4.94. The van der Waals surface area contributed by atoms with Crippen molar-refractivity contribution in [3.05, 3.63) is 93.2 Å². The average molecular weight is 454 g/mol. The van der Waals surface area contributed by atoms with Crippen molar-refractivity contribution in [1.29, 1.82) is 0 Å². The molecule has 2 aromatic carbocycles. The Morgan fingerprint density at radius 2 is 1.78 bits per heavy atom. The smallest absolute Gasteiger partial charge is 0.268 e. The molecule has 2 fully saturated rings. The van der Waals surface area contributed by atoms with Crippen molar-refractivity contribution < 1.29 is 23.2 Å². The number of halogens is 2. The number of carbonyl (C=O) groups excluding carboxylic acids is 2. The van der Waals surface area contributed by atoms with Crippen molar-refractivity contribution in [1.82, 2.24) is 9.96 Å². The van der Waals surface area contributed by atoms with Gasteiger partial charge in [0.2, 0.25) is 0 Å². The summed E-state index contributed by atoms with van der Waals surface area (Å²) in [5, 5.41) is 3.17. The van der Waals surface area contributed by atoms with Crippen LogP contribution in [0.4, 0.5) is 8.78 Å². The highest BCUT2D eigenvalue weighted by molar-refractivity contribution is 7.10. The first-order valence-corrected chi connectivity index (χ1v) is 11.2. The number of thiophene rings is 1. The minimum Gasteiger partial charge on any atom is -0.302 e. The van der Waals surface area contributed by atoms with Gasteiger partial charge in [0.15, 0.2) is 6.17 Å². The number of rotatable bonds is 6. The quantitative estimate of drug-likeness (QED) is 0.526. The van der Waals surface area contributed by atoms with Crippen molar-refractivity contribution in [2.75, 3.05) is 6.54 Å². The second-order valence-electron chi connectivity index (χ2n) is 7.94. The van der Waals surface area contributed by atoms with E-state index in [9.17, 15) is 18.4 Å². The fraction of sp³-hybridized carbons (Fsp3) is 0.250. The van der Waals surface area contributed by atoms with Crippen molar-refractivity contribution in [2.45, 2.75) is 31.5 Å². The topological polar surface area (TPSA) is 49.9 Å². The van der Waals surface area contributed by atoms with E-state index < -0.39 is 35.2 Å². The van der Waals surface area contributed by atoms with Crippen LogP contribution in [0.1, 0.15) is 51.3 Å². The number of carbonyl (C=O) groups is 2. The molecule has 1 saturated heterocycles. The highest BCUT2D eigenvalue weighted by Gasteiger charge is 2.45. The molecule has 2 aliphatic rings. The van der Waals surface area contributed by atoms with Gasteiger partial charge >= 0.3 is 0 Å². The van der Waals surface area contributed by atoms with Crippen LogP contribution in [-0.4, -0.2) is 28.3 Å². The third kappa shape index (κ3) is 3.91. The molecule has 5 nitrogen and oxygen atoms in total. The van der Waals surface area contributed by atoms with Crippen LogP contribution in [0.15, 0.2) is 60.0 Å². The molecule has 1 atom stereocenters. The van der Waals surface area contributed by atoms with Crippen LogP contribution in [0.2, 0.25) is 0 Å². The summed E-state index contributed by atoms with van der Waals surface area (Å²) in [5.41, 5.74) is 1.33. The lowest BCUT2D eigenvalue weighted by atomic mass is 10.1. The molecule has 1 aliphatic carbocycles. The predicted octanol–water partition coefficient (Wildman–Crippen LogP) is 5.02. The van der Waals surface area contributed by atoms with Crippen LogP contribution in [0.3, 0.4) is 0 Å². The Morgan fingerprint density at radius 3 is 2.47 bits per heavy atom. The summed E-state index contributed by atoms with van der Waals surface area (Å²) in [6, 6.07) is 14.5. The maximum Gasteiger partial charge on any atom is 0.268 e. The van der Waals surface area contributed by atoms with Gasteiger partial charge in [0, 0.05) is 0 Å². The maximum atomic E-state index is 14.4. The molecule has 0 radical (unpaired) electrons. The minimum absolute atomic E-state index is 0.125. The van der Waals surface area contributed by atoms with Gasteiger partial charge in [-0.1, -0.05) is 36.4 Å². The van der Waals surface area contributed by atoms with Gasteiger partial charge in [0.1, 0.15) is 30.3 Å². The van der Waals surface area contributed by atoms with Crippen LogP contribution in [-0.2, 0) is 16.2 Å². The van der Waals surface area contributed by atoms with Crippen molar-refractivity contribution in [3.8, 4) is 0 Å². The van der Waals surface area contributed by atoms with Crippen LogP contribution < -0.4 is 0 Å². The first kappa shape index (κ1) is 20.8. The average Bonchev–Trinajstić information content (AvgIpc) is 3.43. The van der Waals surface area contributed by atoms with Gasteiger partial charge in [0.25, 0.3) is 11.8 Å². The molecule has 2 heterocycles. The van der Waals surface area contributed by atoms with Gasteiger partial charge < -0.3 is 4.90 Å². The number of hydrogen-bond acceptors (Lipinski definition) is 4. The van der Waals surface area contributed by atoms with Gasteiger partial charge in [-0.05, 0) is 53.5 Å². The van der Waals surface area contributed by atoms with E-state index in [0.717, 1.165) is 46.0 Å². The van der Waals surface area contributed by atoms with Crippen LogP contribution in [0, 0.1) is 11.6 Å². The van der Waals surface area contributed by atoms with E-state index in [1.54, 1.807) is 0 Å². The van der Waals surface area contributed by atoms with Crippen LogP contribution in [0.5, 0.6) is 0 Å². The highest BCUT2D eigenvalue weighted by atomic mass is 32.1. The standard InChI is InChI=1S/C24H20F2N2O3S/c25-18-7-4-8-19(26)22(18)24(30)27-12-21(29)28(31-13-15-5-2-1-3-6-15)23(27)20-11-17(14-32-20)16-9-10-16/h1-8,11,14,16,23H,9-10,12-13H2. The number of nitrogens with zero attached hydrogens (tertiary/aromatic N) is 2. The SMILES string of the molecule is O=C(c1c(F)cccc1F)N1CC(=O)N(OCc2ccccc2)C1c1cc(C2CC2)cs1. The summed E-state index contributed by atoms with van der Waals surface area (Å²) >= 11 is 1.41. The molecular weight excluding hydrogens is 434 g/mol. The van der Waals surface area contributed by atoms with Gasteiger partial charge in [-0.25, -0.2) is 8.78 Å². The number of benzene rings is 2. The van der Waals surface area contributed by atoms with E-state index in [4.69, 9.17) is 4.84 Å². The number of hydrogen-bond donors (Lipinski definition) is 0. The molecule has 5 rings (SSSR count). The molecule has 164 valence electrons. The Balaban J connectivity index is 1.48. The lowest BCUT2D eigenvalue weighted by molar-refractivity contribution is -0.201. The molecule has 1 saturated carbocycles. The van der Waals surface area contributed by atoms with Crippen LogP contribution in [0.25, 0.3) is 0 Å². The molecule has 1 aliphatic heterocycles. The molecule has 1 aromatic heterocycles. The molecule has 3 aromatic rings. The lowest BCUT2D eigenvalue weighted by Gasteiger charge is -2.28. The Labute approximate surface area is 187 Å². The zero-order valence-corrected chi connectivity index (χ0v) is 17.9. The van der Waals surface area contributed by atoms with E-state index in [1.165, 1.54) is 22.3 Å². The summed E-state index contributed by atoms with van der Waals surface area (Å²) in [6.07, 6.45) is 1.32. The van der Waals surface area contributed by atoms with E-state index in [-0.39, 0.29) is 13.2 Å². The molecular formula is C24H20F2N2O3S.